The summed E-state index contributed by atoms with van der Waals surface area (Å²) in [5, 5.41) is 38.9. The van der Waals surface area contributed by atoms with Crippen LogP contribution in [0.4, 0.5) is 0 Å². The second-order valence-corrected chi connectivity index (χ2v) is 13.4. The molecule has 1 aliphatic rings. The zero-order valence-electron chi connectivity index (χ0n) is 11.4. The summed E-state index contributed by atoms with van der Waals surface area (Å²) < 4.78 is 8.95. The second kappa shape index (κ2) is 6.65. The summed E-state index contributed by atoms with van der Waals surface area (Å²) in [5.41, 5.74) is 0. The van der Waals surface area contributed by atoms with E-state index in [2.05, 4.69) is 19.6 Å². The molecule has 0 spiro atoms. The highest BCUT2D eigenvalue weighted by Gasteiger charge is 2.53. The van der Waals surface area contributed by atoms with E-state index in [-0.39, 0.29) is 0 Å². The quantitative estimate of drug-likeness (QED) is 0.289. The normalized spacial score (nSPS) is 40.4. The van der Waals surface area contributed by atoms with Crippen molar-refractivity contribution in [3.8, 4) is 0 Å². The van der Waals surface area contributed by atoms with Gasteiger partial charge in [-0.25, -0.2) is 0 Å². The summed E-state index contributed by atoms with van der Waals surface area (Å²) >= 11 is 1.56. The molecular formula is C11H23IO6Si. The molecular weight excluding hydrogens is 383 g/mol. The van der Waals surface area contributed by atoms with Gasteiger partial charge in [0.2, 0.25) is 0 Å². The number of ether oxygens (including phenoxy) is 2. The minimum Gasteiger partial charge on any atom is -0.394 e. The van der Waals surface area contributed by atoms with Crippen LogP contribution in [0.25, 0.3) is 0 Å². The molecule has 0 aromatic rings. The van der Waals surface area contributed by atoms with Gasteiger partial charge in [-0.15, -0.1) is 0 Å². The zero-order valence-corrected chi connectivity index (χ0v) is 14.6. The third-order valence-corrected chi connectivity index (χ3v) is 6.04. The third-order valence-electron chi connectivity index (χ3n) is 3.06. The fourth-order valence-electron chi connectivity index (χ4n) is 1.70. The van der Waals surface area contributed by atoms with Gasteiger partial charge in [0, 0.05) is 14.7 Å². The summed E-state index contributed by atoms with van der Waals surface area (Å²) in [7, 11) is -1.26. The van der Waals surface area contributed by atoms with Crippen LogP contribution < -0.4 is 0 Å². The van der Waals surface area contributed by atoms with E-state index in [1.54, 1.807) is 22.6 Å². The van der Waals surface area contributed by atoms with Crippen molar-refractivity contribution in [1.82, 2.24) is 0 Å². The van der Waals surface area contributed by atoms with Crippen molar-refractivity contribution in [1.29, 1.82) is 0 Å². The Kier molecular flexibility index (Phi) is 6.21. The molecule has 8 heteroatoms. The molecule has 6 nitrogen and oxygen atoms in total. The van der Waals surface area contributed by atoms with E-state index >= 15 is 0 Å². The first-order chi connectivity index (χ1) is 8.59. The van der Waals surface area contributed by atoms with E-state index in [9.17, 15) is 15.3 Å². The highest BCUT2D eigenvalue weighted by atomic mass is 127. The molecule has 4 N–H and O–H groups in total. The minimum atomic E-state index is -1.80. The standard InChI is InChI=1S/C11H23IO6Si/c1-19(2,3)5-4-17-10-9(15)11(12,16)8(14)7(6-13)18-10/h7-10,13-16H,4-6H2,1-3H3/t7?,8-,9?,10+,11?/m0/s1. The average molecular weight is 406 g/mol. The van der Waals surface area contributed by atoms with Crippen LogP contribution in [0, 0.1) is 0 Å². The fourth-order valence-corrected chi connectivity index (χ4v) is 3.13. The first kappa shape index (κ1) is 17.8. The van der Waals surface area contributed by atoms with Crippen LogP contribution in [0.2, 0.25) is 25.7 Å². The van der Waals surface area contributed by atoms with E-state index in [1.165, 1.54) is 0 Å². The number of hydrogen-bond acceptors (Lipinski definition) is 6. The number of rotatable bonds is 5. The number of aliphatic hydroxyl groups excluding tert-OH is 3. The summed E-state index contributed by atoms with van der Waals surface area (Å²) in [6.07, 6.45) is -4.75. The molecule has 0 aliphatic carbocycles. The Morgan fingerprint density at radius 2 is 1.84 bits per heavy atom. The number of halogens is 1. The Hall–Kier alpha value is 0.707. The maximum atomic E-state index is 10.1. The largest absolute Gasteiger partial charge is 0.394 e. The molecule has 3 unspecified atom stereocenters. The Morgan fingerprint density at radius 3 is 2.32 bits per heavy atom. The molecule has 0 saturated carbocycles. The van der Waals surface area contributed by atoms with Crippen molar-refractivity contribution in [3.05, 3.63) is 0 Å². The Labute approximate surface area is 127 Å². The molecule has 1 heterocycles. The molecule has 0 radical (unpaired) electrons. The Bertz CT molecular complexity index is 295. The second-order valence-electron chi connectivity index (χ2n) is 6.02. The summed E-state index contributed by atoms with van der Waals surface area (Å²) in [6, 6.07) is 0.894. The topological polar surface area (TPSA) is 99.4 Å². The average Bonchev–Trinajstić information content (AvgIpc) is 2.28. The first-order valence-corrected chi connectivity index (χ1v) is 11.0. The lowest BCUT2D eigenvalue weighted by molar-refractivity contribution is -0.304. The van der Waals surface area contributed by atoms with Crippen molar-refractivity contribution in [3.63, 3.8) is 0 Å². The fraction of sp³-hybridized carbons (Fsp3) is 1.00. The van der Waals surface area contributed by atoms with Crippen molar-refractivity contribution in [2.24, 2.45) is 0 Å². The van der Waals surface area contributed by atoms with Crippen LogP contribution in [-0.4, -0.2) is 69.9 Å². The van der Waals surface area contributed by atoms with E-state index in [1.807, 2.05) is 0 Å². The number of alkyl halides is 1. The molecule has 114 valence electrons. The Morgan fingerprint density at radius 1 is 1.26 bits per heavy atom. The van der Waals surface area contributed by atoms with Crippen molar-refractivity contribution < 1.29 is 29.9 Å². The highest BCUT2D eigenvalue weighted by Crippen LogP contribution is 2.35. The van der Waals surface area contributed by atoms with Crippen molar-refractivity contribution in [2.75, 3.05) is 13.2 Å². The third kappa shape index (κ3) is 4.60. The van der Waals surface area contributed by atoms with E-state index in [0.29, 0.717) is 6.61 Å². The molecule has 0 bridgehead atoms. The lowest BCUT2D eigenvalue weighted by atomic mass is 9.99. The SMILES string of the molecule is C[Si](C)(C)CCO[C@@H]1OC(CO)[C@H](O)C(O)(I)C1O. The maximum absolute atomic E-state index is 10.1. The van der Waals surface area contributed by atoms with Gasteiger partial charge in [-0.2, -0.15) is 0 Å². The molecule has 0 aromatic carbocycles. The minimum absolute atomic E-state index is 0.415. The summed E-state index contributed by atoms with van der Waals surface area (Å²) in [5.74, 6) is 0. The van der Waals surface area contributed by atoms with Crippen LogP contribution in [0.5, 0.6) is 0 Å². The van der Waals surface area contributed by atoms with Crippen LogP contribution >= 0.6 is 22.6 Å². The lowest BCUT2D eigenvalue weighted by Crippen LogP contribution is -2.64. The van der Waals surface area contributed by atoms with Crippen molar-refractivity contribution in [2.45, 2.75) is 53.9 Å². The Balaban J connectivity index is 2.63. The van der Waals surface area contributed by atoms with E-state index < -0.39 is 42.9 Å². The number of hydrogen-bond donors (Lipinski definition) is 4. The van der Waals surface area contributed by atoms with Gasteiger partial charge in [0.1, 0.15) is 18.3 Å². The molecule has 1 rings (SSSR count). The maximum Gasteiger partial charge on any atom is 0.187 e. The van der Waals surface area contributed by atoms with Crippen molar-refractivity contribution >= 4 is 30.7 Å². The molecule has 19 heavy (non-hydrogen) atoms. The molecule has 1 aliphatic heterocycles. The lowest BCUT2D eigenvalue weighted by Gasteiger charge is -2.44. The summed E-state index contributed by atoms with van der Waals surface area (Å²) in [4.78, 5) is 0. The molecule has 0 aromatic heterocycles. The van der Waals surface area contributed by atoms with E-state index in [0.717, 1.165) is 6.04 Å². The van der Waals surface area contributed by atoms with Gasteiger partial charge in [0.15, 0.2) is 9.90 Å². The van der Waals surface area contributed by atoms with Gasteiger partial charge < -0.3 is 29.9 Å². The van der Waals surface area contributed by atoms with Gasteiger partial charge in [-0.3, -0.25) is 0 Å². The van der Waals surface area contributed by atoms with Gasteiger partial charge in [-0.1, -0.05) is 19.6 Å². The predicted octanol–water partition coefficient (Wildman–Crippen LogP) is -0.0962. The van der Waals surface area contributed by atoms with Gasteiger partial charge in [-0.05, 0) is 28.6 Å². The molecule has 1 fully saturated rings. The zero-order chi connectivity index (χ0) is 14.8. The van der Waals surface area contributed by atoms with Crippen LogP contribution in [0.15, 0.2) is 0 Å². The number of aliphatic hydroxyl groups is 4. The van der Waals surface area contributed by atoms with Gasteiger partial charge in [0.25, 0.3) is 0 Å². The summed E-state index contributed by atoms with van der Waals surface area (Å²) in [6.45, 7) is 6.56. The van der Waals surface area contributed by atoms with Crippen LogP contribution in [0.3, 0.4) is 0 Å². The smallest absolute Gasteiger partial charge is 0.187 e. The van der Waals surface area contributed by atoms with Gasteiger partial charge >= 0.3 is 0 Å². The molecule has 5 atom stereocenters. The monoisotopic (exact) mass is 406 g/mol. The van der Waals surface area contributed by atoms with Gasteiger partial charge in [0.05, 0.1) is 6.61 Å². The highest BCUT2D eigenvalue weighted by molar-refractivity contribution is 14.1. The van der Waals surface area contributed by atoms with Crippen LogP contribution in [0.1, 0.15) is 0 Å². The predicted molar refractivity (Wildman–Crippen MR) is 80.8 cm³/mol. The molecule has 1 saturated heterocycles. The van der Waals surface area contributed by atoms with Crippen LogP contribution in [-0.2, 0) is 9.47 Å². The van der Waals surface area contributed by atoms with E-state index in [4.69, 9.17) is 14.6 Å². The first-order valence-electron chi connectivity index (χ1n) is 6.25. The molecule has 0 amide bonds.